The number of methoxy groups -OCH3 is 6. The summed E-state index contributed by atoms with van der Waals surface area (Å²) >= 11 is 0. The minimum atomic E-state index is -0.366. The van der Waals surface area contributed by atoms with Gasteiger partial charge in [0.15, 0.2) is 34.5 Å². The second-order valence-corrected chi connectivity index (χ2v) is 10.3. The Morgan fingerprint density at radius 1 is 0.438 bits per heavy atom. The number of rotatable bonds is 15. The normalized spacial score (nSPS) is 10.4. The van der Waals surface area contributed by atoms with Gasteiger partial charge < -0.3 is 44.4 Å². The predicted octanol–water partition coefficient (Wildman–Crippen LogP) is 4.53. The number of benzene rings is 4. The largest absolute Gasteiger partial charge is 0.493 e. The fourth-order valence-electron chi connectivity index (χ4n) is 5.18. The molecule has 3 amide bonds. The predicted molar refractivity (Wildman–Crippen MR) is 179 cm³/mol. The Hall–Kier alpha value is -5.91. The summed E-state index contributed by atoms with van der Waals surface area (Å²) in [5.41, 5.74) is 3.14. The minimum absolute atomic E-state index is 0.148. The summed E-state index contributed by atoms with van der Waals surface area (Å²) in [5.74, 6) is 1.15. The Labute approximate surface area is 279 Å². The van der Waals surface area contributed by atoms with E-state index in [1.54, 1.807) is 54.6 Å². The Morgan fingerprint density at radius 3 is 0.938 bits per heavy atom. The maximum Gasteiger partial charge on any atom is 0.255 e. The monoisotopic (exact) mass is 657 g/mol. The van der Waals surface area contributed by atoms with Crippen molar-refractivity contribution in [2.45, 2.75) is 19.6 Å². The van der Waals surface area contributed by atoms with E-state index >= 15 is 0 Å². The standard InChI is InChI=1S/C36H39N3O9/c1-43-28-13-7-10-25(31(28)46-4)34(40)37-19-22-16-23(20-38-35(41)26-11-8-14-29(44-2)32(26)47-5)18-24(17-22)21-39-36(42)27-12-9-15-30(45-3)33(27)48-6/h7-18H,19-21H2,1-6H3,(H,37,40)(H,38,41)(H,39,42). The summed E-state index contributed by atoms with van der Waals surface area (Å²) in [6, 6.07) is 20.7. The van der Waals surface area contributed by atoms with Crippen molar-refractivity contribution >= 4 is 17.7 Å². The van der Waals surface area contributed by atoms with Crippen molar-refractivity contribution < 1.29 is 42.8 Å². The van der Waals surface area contributed by atoms with Crippen molar-refractivity contribution in [1.29, 1.82) is 0 Å². The van der Waals surface area contributed by atoms with Crippen LogP contribution in [0.5, 0.6) is 34.5 Å². The molecule has 3 N–H and O–H groups in total. The maximum absolute atomic E-state index is 13.2. The second-order valence-electron chi connectivity index (χ2n) is 10.3. The van der Waals surface area contributed by atoms with Gasteiger partial charge in [0.05, 0.1) is 59.3 Å². The molecule has 0 fully saturated rings. The zero-order chi connectivity index (χ0) is 34.6. The fraction of sp³-hybridized carbons (Fsp3) is 0.250. The van der Waals surface area contributed by atoms with E-state index in [1.165, 1.54) is 42.7 Å². The molecule has 0 unspecified atom stereocenters. The summed E-state index contributed by atoms with van der Waals surface area (Å²) in [5, 5.41) is 8.77. The number of carbonyl (C=O) groups is 3. The zero-order valence-electron chi connectivity index (χ0n) is 27.7. The molecule has 252 valence electrons. The molecule has 0 aliphatic rings. The minimum Gasteiger partial charge on any atom is -0.493 e. The van der Waals surface area contributed by atoms with Crippen molar-refractivity contribution in [1.82, 2.24) is 16.0 Å². The van der Waals surface area contributed by atoms with Gasteiger partial charge >= 0.3 is 0 Å². The quantitative estimate of drug-likeness (QED) is 0.168. The summed E-state index contributed by atoms with van der Waals surface area (Å²) in [6.45, 7) is 0.444. The molecule has 0 atom stereocenters. The third kappa shape index (κ3) is 8.08. The van der Waals surface area contributed by atoms with Crippen molar-refractivity contribution in [2.75, 3.05) is 42.7 Å². The summed E-state index contributed by atoms with van der Waals surface area (Å²) in [4.78, 5) is 39.6. The third-order valence-corrected chi connectivity index (χ3v) is 7.41. The molecule has 4 aromatic rings. The van der Waals surface area contributed by atoms with E-state index in [4.69, 9.17) is 28.4 Å². The van der Waals surface area contributed by atoms with Crippen LogP contribution >= 0.6 is 0 Å². The lowest BCUT2D eigenvalue weighted by molar-refractivity contribution is 0.0939. The molecule has 0 spiro atoms. The van der Waals surface area contributed by atoms with Crippen LogP contribution < -0.4 is 44.4 Å². The average molecular weight is 658 g/mol. The lowest BCUT2D eigenvalue weighted by atomic mass is 10.0. The second kappa shape index (κ2) is 16.6. The van der Waals surface area contributed by atoms with Crippen LogP contribution in [0.15, 0.2) is 72.8 Å². The molecule has 4 rings (SSSR count). The lowest BCUT2D eigenvalue weighted by Gasteiger charge is -2.16. The molecule has 12 heteroatoms. The Morgan fingerprint density at radius 2 is 0.708 bits per heavy atom. The number of hydrogen-bond donors (Lipinski definition) is 3. The first-order valence-electron chi connectivity index (χ1n) is 14.9. The topological polar surface area (TPSA) is 143 Å². The maximum atomic E-state index is 13.2. The zero-order valence-corrected chi connectivity index (χ0v) is 27.7. The molecule has 0 radical (unpaired) electrons. The van der Waals surface area contributed by atoms with Crippen molar-refractivity contribution in [3.8, 4) is 34.5 Å². The molecule has 0 saturated heterocycles. The van der Waals surface area contributed by atoms with E-state index in [0.29, 0.717) is 51.2 Å². The van der Waals surface area contributed by atoms with Crippen LogP contribution in [0.25, 0.3) is 0 Å². The van der Waals surface area contributed by atoms with Crippen LogP contribution in [0.2, 0.25) is 0 Å². The Balaban J connectivity index is 1.58. The highest BCUT2D eigenvalue weighted by atomic mass is 16.5. The van der Waals surface area contributed by atoms with Crippen molar-refractivity contribution in [3.05, 3.63) is 106 Å². The van der Waals surface area contributed by atoms with Gasteiger partial charge in [0.1, 0.15) is 0 Å². The first-order chi connectivity index (χ1) is 23.3. The number of amides is 3. The van der Waals surface area contributed by atoms with E-state index in [-0.39, 0.29) is 37.4 Å². The molecule has 0 aromatic heterocycles. The van der Waals surface area contributed by atoms with Gasteiger partial charge in [0, 0.05) is 19.6 Å². The lowest BCUT2D eigenvalue weighted by Crippen LogP contribution is -2.26. The van der Waals surface area contributed by atoms with Gasteiger partial charge in [-0.15, -0.1) is 0 Å². The van der Waals surface area contributed by atoms with Gasteiger partial charge in [0.2, 0.25) is 0 Å². The Bertz CT molecular complexity index is 1560. The van der Waals surface area contributed by atoms with Gasteiger partial charge in [0.25, 0.3) is 17.7 Å². The molecule has 4 aromatic carbocycles. The fourth-order valence-corrected chi connectivity index (χ4v) is 5.18. The van der Waals surface area contributed by atoms with Crippen LogP contribution in [0.1, 0.15) is 47.8 Å². The van der Waals surface area contributed by atoms with E-state index < -0.39 is 0 Å². The van der Waals surface area contributed by atoms with Crippen molar-refractivity contribution in [3.63, 3.8) is 0 Å². The van der Waals surface area contributed by atoms with Gasteiger partial charge in [-0.1, -0.05) is 36.4 Å². The van der Waals surface area contributed by atoms with Crippen LogP contribution in [0, 0.1) is 0 Å². The van der Waals surface area contributed by atoms with Gasteiger partial charge in [-0.3, -0.25) is 14.4 Å². The highest BCUT2D eigenvalue weighted by Gasteiger charge is 2.19. The number of hydrogen-bond acceptors (Lipinski definition) is 9. The molecule has 0 aliphatic heterocycles. The summed E-state index contributed by atoms with van der Waals surface area (Å²) < 4.78 is 32.3. The van der Waals surface area contributed by atoms with Gasteiger partial charge in [-0.25, -0.2) is 0 Å². The third-order valence-electron chi connectivity index (χ3n) is 7.41. The van der Waals surface area contributed by atoms with Gasteiger partial charge in [-0.2, -0.15) is 0 Å². The highest BCUT2D eigenvalue weighted by Crippen LogP contribution is 2.32. The van der Waals surface area contributed by atoms with Crippen LogP contribution in [-0.2, 0) is 19.6 Å². The molecule has 12 nitrogen and oxygen atoms in total. The number of para-hydroxylation sites is 3. The SMILES string of the molecule is COc1cccc(C(=O)NCc2cc(CNC(=O)c3cccc(OC)c3OC)cc(CNC(=O)c3cccc(OC)c3OC)c2)c1OC. The Kier molecular flexibility index (Phi) is 12.1. The van der Waals surface area contributed by atoms with Gasteiger partial charge in [-0.05, 0) is 53.1 Å². The van der Waals surface area contributed by atoms with E-state index in [1.807, 2.05) is 18.2 Å². The smallest absolute Gasteiger partial charge is 0.255 e. The molecule has 0 heterocycles. The van der Waals surface area contributed by atoms with E-state index in [2.05, 4.69) is 16.0 Å². The first-order valence-corrected chi connectivity index (χ1v) is 14.9. The molecule has 48 heavy (non-hydrogen) atoms. The average Bonchev–Trinajstić information content (AvgIpc) is 3.13. The van der Waals surface area contributed by atoms with E-state index in [0.717, 1.165) is 16.7 Å². The summed E-state index contributed by atoms with van der Waals surface area (Å²) in [7, 11) is 8.90. The van der Waals surface area contributed by atoms with Crippen molar-refractivity contribution in [2.24, 2.45) is 0 Å². The summed E-state index contributed by atoms with van der Waals surface area (Å²) in [6.07, 6.45) is 0. The molecule has 0 aliphatic carbocycles. The molecule has 0 saturated carbocycles. The highest BCUT2D eigenvalue weighted by molar-refractivity contribution is 5.99. The molecular weight excluding hydrogens is 618 g/mol. The van der Waals surface area contributed by atoms with Crippen LogP contribution in [-0.4, -0.2) is 60.4 Å². The number of carbonyl (C=O) groups excluding carboxylic acids is 3. The van der Waals surface area contributed by atoms with Crippen LogP contribution in [0.3, 0.4) is 0 Å². The first kappa shape index (κ1) is 35.0. The number of ether oxygens (including phenoxy) is 6. The van der Waals surface area contributed by atoms with E-state index in [9.17, 15) is 14.4 Å². The number of nitrogens with one attached hydrogen (secondary N) is 3. The van der Waals surface area contributed by atoms with Crippen LogP contribution in [0.4, 0.5) is 0 Å². The molecule has 0 bridgehead atoms. The molecular formula is C36H39N3O9.